The van der Waals surface area contributed by atoms with Gasteiger partial charge < -0.3 is 11.1 Å². The van der Waals surface area contributed by atoms with Gasteiger partial charge in [-0.2, -0.15) is 4.31 Å². The molecule has 0 radical (unpaired) electrons. The van der Waals surface area contributed by atoms with Crippen LogP contribution in [0.5, 0.6) is 0 Å². The predicted molar refractivity (Wildman–Crippen MR) is 122 cm³/mol. The van der Waals surface area contributed by atoms with Gasteiger partial charge in [-0.3, -0.25) is 9.69 Å². The van der Waals surface area contributed by atoms with Crippen molar-refractivity contribution in [3.63, 3.8) is 0 Å². The van der Waals surface area contributed by atoms with E-state index in [1.54, 1.807) is 4.31 Å². The van der Waals surface area contributed by atoms with Crippen molar-refractivity contribution in [2.24, 2.45) is 11.7 Å². The molecule has 1 aliphatic heterocycles. The topological polar surface area (TPSA) is 122 Å². The summed E-state index contributed by atoms with van der Waals surface area (Å²) in [5, 5.41) is 4.04. The number of aromatic nitrogens is 2. The molecule has 170 valence electrons. The van der Waals surface area contributed by atoms with Crippen LogP contribution < -0.4 is 11.1 Å². The lowest BCUT2D eigenvalue weighted by molar-refractivity contribution is -0.119. The number of nitrogens with two attached hydrogens (primary N) is 1. The van der Waals surface area contributed by atoms with Crippen LogP contribution in [0.1, 0.15) is 33.0 Å². The Morgan fingerprint density at radius 2 is 1.84 bits per heavy atom. The third-order valence-corrected chi connectivity index (χ3v) is 7.54. The van der Waals surface area contributed by atoms with Crippen molar-refractivity contribution in [2.75, 3.05) is 37.2 Å². The fourth-order valence-corrected chi connectivity index (χ4v) is 5.27. The van der Waals surface area contributed by atoms with Gasteiger partial charge in [-0.1, -0.05) is 32.9 Å². The monoisotopic (exact) mass is 448 g/mol. The first kappa shape index (κ1) is 23.4. The normalized spacial score (nSPS) is 17.2. The Morgan fingerprint density at radius 1 is 1.16 bits per heavy atom. The number of hydrogen-bond donors (Lipinski definition) is 2. The first-order chi connectivity index (χ1) is 14.7. The SMILES string of the molecule is CCCS(=O)(=O)N1CCN(Cc2nc(N[C@H](C(N)=O)C(C)C)c3ccccc3n2)CC1. The fourth-order valence-electron chi connectivity index (χ4n) is 3.77. The third kappa shape index (κ3) is 5.69. The summed E-state index contributed by atoms with van der Waals surface area (Å²) in [6, 6.07) is 7.10. The molecule has 3 N–H and O–H groups in total. The fraction of sp³-hybridized carbons (Fsp3) is 0.571. The summed E-state index contributed by atoms with van der Waals surface area (Å²) in [5.41, 5.74) is 6.36. The maximum atomic E-state index is 12.3. The van der Waals surface area contributed by atoms with Gasteiger partial charge in [0.1, 0.15) is 17.7 Å². The number of sulfonamides is 1. The third-order valence-electron chi connectivity index (χ3n) is 5.47. The molecule has 1 fully saturated rings. The highest BCUT2D eigenvalue weighted by Crippen LogP contribution is 2.23. The van der Waals surface area contributed by atoms with Crippen LogP contribution in [0.25, 0.3) is 10.9 Å². The Kier molecular flexibility index (Phi) is 7.45. The molecular formula is C21H32N6O3S. The molecule has 9 nitrogen and oxygen atoms in total. The molecule has 1 aromatic heterocycles. The standard InChI is InChI=1S/C21H32N6O3S/c1-4-13-31(29,30)27-11-9-26(10-12-27)14-18-23-17-8-6-5-7-16(17)21(24-18)25-19(15(2)3)20(22)28/h5-8,15,19H,4,9-14H2,1-3H3,(H2,22,28)(H,23,24,25)/t19-/m0/s1. The van der Waals surface area contributed by atoms with E-state index in [0.29, 0.717) is 50.8 Å². The minimum Gasteiger partial charge on any atom is -0.368 e. The van der Waals surface area contributed by atoms with Gasteiger partial charge in [0.25, 0.3) is 0 Å². The maximum Gasteiger partial charge on any atom is 0.240 e. The summed E-state index contributed by atoms with van der Waals surface area (Å²) in [6.45, 7) is 8.42. The minimum atomic E-state index is -3.17. The lowest BCUT2D eigenvalue weighted by Crippen LogP contribution is -2.48. The van der Waals surface area contributed by atoms with E-state index in [0.717, 1.165) is 10.9 Å². The molecular weight excluding hydrogens is 416 g/mol. The number of nitrogens with one attached hydrogen (secondary N) is 1. The molecule has 2 heterocycles. The van der Waals surface area contributed by atoms with Crippen LogP contribution in [0.15, 0.2) is 24.3 Å². The summed E-state index contributed by atoms with van der Waals surface area (Å²) in [6.07, 6.45) is 0.617. The second kappa shape index (κ2) is 9.88. The number of carbonyl (C=O) groups is 1. The number of amides is 1. The molecule has 2 aromatic rings. The van der Waals surface area contributed by atoms with Crippen molar-refractivity contribution in [1.82, 2.24) is 19.2 Å². The quantitative estimate of drug-likeness (QED) is 0.595. The molecule has 10 heteroatoms. The summed E-state index contributed by atoms with van der Waals surface area (Å²) in [7, 11) is -3.17. The minimum absolute atomic E-state index is 0.00725. The second-order valence-corrected chi connectivity index (χ2v) is 10.4. The number of fused-ring (bicyclic) bond motifs is 1. The largest absolute Gasteiger partial charge is 0.368 e. The molecule has 31 heavy (non-hydrogen) atoms. The van der Waals surface area contributed by atoms with E-state index in [1.807, 2.05) is 45.0 Å². The van der Waals surface area contributed by atoms with Gasteiger partial charge in [-0.25, -0.2) is 18.4 Å². The van der Waals surface area contributed by atoms with Crippen LogP contribution in [0.4, 0.5) is 5.82 Å². The molecule has 0 bridgehead atoms. The maximum absolute atomic E-state index is 12.3. The second-order valence-electron chi connectivity index (χ2n) is 8.27. The highest BCUT2D eigenvalue weighted by Gasteiger charge is 2.27. The number of rotatable bonds is 9. The molecule has 3 rings (SSSR count). The highest BCUT2D eigenvalue weighted by molar-refractivity contribution is 7.89. The lowest BCUT2D eigenvalue weighted by atomic mass is 10.0. The van der Waals surface area contributed by atoms with Crippen LogP contribution in [-0.4, -0.2) is 71.5 Å². The zero-order valence-corrected chi connectivity index (χ0v) is 19.2. The molecule has 1 aliphatic rings. The van der Waals surface area contributed by atoms with Gasteiger partial charge in [-0.15, -0.1) is 0 Å². The number of piperazine rings is 1. The van der Waals surface area contributed by atoms with E-state index in [9.17, 15) is 13.2 Å². The Balaban J connectivity index is 1.78. The number of hydrogen-bond acceptors (Lipinski definition) is 7. The zero-order valence-electron chi connectivity index (χ0n) is 18.4. The summed E-state index contributed by atoms with van der Waals surface area (Å²) in [4.78, 5) is 23.4. The van der Waals surface area contributed by atoms with Crippen molar-refractivity contribution >= 4 is 32.7 Å². The molecule has 1 atom stereocenters. The first-order valence-corrected chi connectivity index (χ1v) is 12.3. The smallest absolute Gasteiger partial charge is 0.240 e. The summed E-state index contributed by atoms with van der Waals surface area (Å²) in [5.74, 6) is 0.976. The molecule has 0 spiro atoms. The number of carbonyl (C=O) groups excluding carboxylic acids is 1. The van der Waals surface area contributed by atoms with Gasteiger partial charge >= 0.3 is 0 Å². The first-order valence-electron chi connectivity index (χ1n) is 10.7. The van der Waals surface area contributed by atoms with Crippen molar-refractivity contribution in [3.8, 4) is 0 Å². The van der Waals surface area contributed by atoms with E-state index in [1.165, 1.54) is 0 Å². The average molecular weight is 449 g/mol. The van der Waals surface area contributed by atoms with Crippen LogP contribution in [0.2, 0.25) is 0 Å². The predicted octanol–water partition coefficient (Wildman–Crippen LogP) is 1.41. The average Bonchev–Trinajstić information content (AvgIpc) is 2.71. The number of benzene rings is 1. The molecule has 1 amide bonds. The van der Waals surface area contributed by atoms with Gasteiger partial charge in [0.2, 0.25) is 15.9 Å². The van der Waals surface area contributed by atoms with Crippen molar-refractivity contribution in [1.29, 1.82) is 0 Å². The number of primary amides is 1. The molecule has 1 aromatic carbocycles. The van der Waals surface area contributed by atoms with E-state index in [2.05, 4.69) is 15.2 Å². The van der Waals surface area contributed by atoms with Crippen molar-refractivity contribution < 1.29 is 13.2 Å². The van der Waals surface area contributed by atoms with Gasteiger partial charge in [-0.05, 0) is 24.5 Å². The van der Waals surface area contributed by atoms with E-state index in [-0.39, 0.29) is 11.7 Å². The number of nitrogens with zero attached hydrogens (tertiary/aromatic N) is 4. The molecule has 0 saturated carbocycles. The van der Waals surface area contributed by atoms with E-state index in [4.69, 9.17) is 10.7 Å². The Hall–Kier alpha value is -2.30. The van der Waals surface area contributed by atoms with Crippen molar-refractivity contribution in [2.45, 2.75) is 39.8 Å². The number of anilines is 1. The van der Waals surface area contributed by atoms with Crippen LogP contribution in [-0.2, 0) is 21.4 Å². The van der Waals surface area contributed by atoms with Crippen molar-refractivity contribution in [3.05, 3.63) is 30.1 Å². The Labute approximate surface area is 184 Å². The van der Waals surface area contributed by atoms with Gasteiger partial charge in [0.15, 0.2) is 0 Å². The summed E-state index contributed by atoms with van der Waals surface area (Å²) < 4.78 is 26.2. The zero-order chi connectivity index (χ0) is 22.6. The highest BCUT2D eigenvalue weighted by atomic mass is 32.2. The van der Waals surface area contributed by atoms with Crippen LogP contribution >= 0.6 is 0 Å². The van der Waals surface area contributed by atoms with Gasteiger partial charge in [0.05, 0.1) is 17.8 Å². The van der Waals surface area contributed by atoms with E-state index >= 15 is 0 Å². The lowest BCUT2D eigenvalue weighted by Gasteiger charge is -2.33. The molecule has 1 saturated heterocycles. The molecule has 0 unspecified atom stereocenters. The van der Waals surface area contributed by atoms with Crippen LogP contribution in [0.3, 0.4) is 0 Å². The summed E-state index contributed by atoms with van der Waals surface area (Å²) >= 11 is 0. The van der Waals surface area contributed by atoms with Crippen LogP contribution in [0, 0.1) is 5.92 Å². The Morgan fingerprint density at radius 3 is 2.45 bits per heavy atom. The van der Waals surface area contributed by atoms with E-state index < -0.39 is 22.0 Å². The number of para-hydroxylation sites is 1. The van der Waals surface area contributed by atoms with Gasteiger partial charge in [0, 0.05) is 31.6 Å². The molecule has 0 aliphatic carbocycles. The Bertz CT molecular complexity index is 1020.